The highest BCUT2D eigenvalue weighted by Crippen LogP contribution is 2.18. The van der Waals surface area contributed by atoms with Gasteiger partial charge in [-0.25, -0.2) is 0 Å². The Balaban J connectivity index is 2.53. The van der Waals surface area contributed by atoms with Gasteiger partial charge < -0.3 is 9.47 Å². The van der Waals surface area contributed by atoms with Crippen molar-refractivity contribution in [3.63, 3.8) is 0 Å². The molecule has 0 fully saturated rings. The van der Waals surface area contributed by atoms with E-state index in [0.717, 1.165) is 11.3 Å². The molecule has 0 aliphatic carbocycles. The normalized spacial score (nSPS) is 10.3. The van der Waals surface area contributed by atoms with Gasteiger partial charge >= 0.3 is 5.97 Å². The van der Waals surface area contributed by atoms with Crippen molar-refractivity contribution in [1.29, 1.82) is 0 Å². The number of ether oxygens (including phenoxy) is 2. The minimum absolute atomic E-state index is 0.132. The quantitative estimate of drug-likeness (QED) is 0.618. The molecule has 19 heavy (non-hydrogen) atoms. The molecule has 0 saturated heterocycles. The van der Waals surface area contributed by atoms with Crippen LogP contribution in [0.2, 0.25) is 0 Å². The molecule has 0 radical (unpaired) electrons. The maximum absolute atomic E-state index is 10.9. The van der Waals surface area contributed by atoms with Crippen LogP contribution in [0.3, 0.4) is 0 Å². The number of carbonyl (C=O) groups is 1. The van der Waals surface area contributed by atoms with E-state index in [1.807, 2.05) is 45.0 Å². The Kier molecular flexibility index (Phi) is 5.44. The second-order valence-electron chi connectivity index (χ2n) is 5.05. The van der Waals surface area contributed by atoms with Gasteiger partial charge in [-0.1, -0.05) is 18.8 Å². The van der Waals surface area contributed by atoms with E-state index in [1.165, 1.54) is 0 Å². The highest BCUT2D eigenvalue weighted by Gasteiger charge is 2.10. The van der Waals surface area contributed by atoms with Gasteiger partial charge in [-0.3, -0.25) is 4.79 Å². The van der Waals surface area contributed by atoms with Crippen LogP contribution in [0.4, 0.5) is 0 Å². The molecule has 102 valence electrons. The Morgan fingerprint density at radius 3 is 2.37 bits per heavy atom. The second kappa shape index (κ2) is 6.84. The lowest BCUT2D eigenvalue weighted by Gasteiger charge is -2.21. The summed E-state index contributed by atoms with van der Waals surface area (Å²) in [7, 11) is 0. The maximum Gasteiger partial charge on any atom is 0.306 e. The van der Waals surface area contributed by atoms with E-state index in [4.69, 9.17) is 9.47 Å². The molecule has 1 aromatic carbocycles. The fourth-order valence-electron chi connectivity index (χ4n) is 1.32. The molecule has 0 saturated carbocycles. The Morgan fingerprint density at radius 2 is 1.84 bits per heavy atom. The summed E-state index contributed by atoms with van der Waals surface area (Å²) in [6.45, 7) is 7.89. The Bertz CT molecular complexity index is 469. The van der Waals surface area contributed by atoms with Crippen LogP contribution in [0, 0.1) is 11.8 Å². The van der Waals surface area contributed by atoms with Crippen molar-refractivity contribution in [3.05, 3.63) is 29.8 Å². The lowest BCUT2D eigenvalue weighted by molar-refractivity contribution is -0.141. The number of hydrogen-bond acceptors (Lipinski definition) is 3. The van der Waals surface area contributed by atoms with Gasteiger partial charge in [-0.15, -0.1) is 0 Å². The first-order valence-electron chi connectivity index (χ1n) is 6.34. The lowest BCUT2D eigenvalue weighted by atomic mass is 10.2. The van der Waals surface area contributed by atoms with Crippen molar-refractivity contribution < 1.29 is 14.3 Å². The summed E-state index contributed by atoms with van der Waals surface area (Å²) in [5.41, 5.74) is 0.662. The van der Waals surface area contributed by atoms with E-state index in [9.17, 15) is 4.79 Å². The van der Waals surface area contributed by atoms with Gasteiger partial charge in [0.15, 0.2) is 6.61 Å². The molecule has 0 aromatic heterocycles. The minimum Gasteiger partial charge on any atom is -0.488 e. The van der Waals surface area contributed by atoms with E-state index < -0.39 is 0 Å². The first-order chi connectivity index (χ1) is 8.90. The van der Waals surface area contributed by atoms with E-state index in [0.29, 0.717) is 6.42 Å². The van der Waals surface area contributed by atoms with Gasteiger partial charge in [0.1, 0.15) is 11.4 Å². The van der Waals surface area contributed by atoms with Crippen molar-refractivity contribution in [2.24, 2.45) is 0 Å². The van der Waals surface area contributed by atoms with Crippen LogP contribution in [-0.4, -0.2) is 18.2 Å². The average molecular weight is 260 g/mol. The molecule has 0 amide bonds. The number of esters is 1. The van der Waals surface area contributed by atoms with Gasteiger partial charge in [0.2, 0.25) is 0 Å². The van der Waals surface area contributed by atoms with E-state index in [1.54, 1.807) is 6.92 Å². The summed E-state index contributed by atoms with van der Waals surface area (Å²) in [6.07, 6.45) is 0.376. The van der Waals surface area contributed by atoms with Crippen molar-refractivity contribution in [2.45, 2.75) is 39.7 Å². The van der Waals surface area contributed by atoms with E-state index in [2.05, 4.69) is 11.8 Å². The fraction of sp³-hybridized carbons (Fsp3) is 0.438. The van der Waals surface area contributed by atoms with E-state index in [-0.39, 0.29) is 18.2 Å². The lowest BCUT2D eigenvalue weighted by Crippen LogP contribution is -2.22. The topological polar surface area (TPSA) is 35.5 Å². The highest BCUT2D eigenvalue weighted by molar-refractivity contribution is 5.69. The molecule has 0 atom stereocenters. The van der Waals surface area contributed by atoms with Crippen LogP contribution < -0.4 is 4.74 Å². The van der Waals surface area contributed by atoms with Gasteiger partial charge in [0.25, 0.3) is 0 Å². The van der Waals surface area contributed by atoms with Gasteiger partial charge in [-0.2, -0.15) is 0 Å². The zero-order chi connectivity index (χ0) is 14.3. The smallest absolute Gasteiger partial charge is 0.306 e. The van der Waals surface area contributed by atoms with Crippen LogP contribution in [0.25, 0.3) is 0 Å². The summed E-state index contributed by atoms with van der Waals surface area (Å²) >= 11 is 0. The first kappa shape index (κ1) is 15.1. The Morgan fingerprint density at radius 1 is 1.21 bits per heavy atom. The third-order valence-corrected chi connectivity index (χ3v) is 2.11. The van der Waals surface area contributed by atoms with Gasteiger partial charge in [0.05, 0.1) is 0 Å². The Labute approximate surface area is 114 Å². The molecule has 0 heterocycles. The molecule has 0 aliphatic rings. The third-order valence-electron chi connectivity index (χ3n) is 2.11. The number of rotatable bonds is 3. The molecule has 1 rings (SSSR count). The zero-order valence-electron chi connectivity index (χ0n) is 11.9. The summed E-state index contributed by atoms with van der Waals surface area (Å²) in [4.78, 5) is 10.9. The van der Waals surface area contributed by atoms with Crippen LogP contribution in [0.15, 0.2) is 24.3 Å². The fourth-order valence-corrected chi connectivity index (χ4v) is 1.32. The predicted molar refractivity (Wildman–Crippen MR) is 75.0 cm³/mol. The average Bonchev–Trinajstić information content (AvgIpc) is 2.34. The molecule has 3 heteroatoms. The first-order valence-corrected chi connectivity index (χ1v) is 6.34. The van der Waals surface area contributed by atoms with Gasteiger partial charge in [-0.05, 0) is 45.0 Å². The number of hydrogen-bond donors (Lipinski definition) is 0. The zero-order valence-corrected chi connectivity index (χ0v) is 11.9. The summed E-state index contributed by atoms with van der Waals surface area (Å²) in [5, 5.41) is 0. The van der Waals surface area contributed by atoms with E-state index >= 15 is 0 Å². The van der Waals surface area contributed by atoms with Crippen LogP contribution in [0.1, 0.15) is 39.7 Å². The number of benzene rings is 1. The minimum atomic E-state index is -0.233. The molecule has 0 bridgehead atoms. The summed E-state index contributed by atoms with van der Waals surface area (Å²) in [5.74, 6) is 6.31. The van der Waals surface area contributed by atoms with Crippen molar-refractivity contribution >= 4 is 5.97 Å². The monoisotopic (exact) mass is 260 g/mol. The van der Waals surface area contributed by atoms with Crippen LogP contribution >= 0.6 is 0 Å². The SMILES string of the molecule is CCC(=O)OCC#Cc1ccc(OC(C)(C)C)cc1. The number of carbonyl (C=O) groups excluding carboxylic acids is 1. The molecule has 3 nitrogen and oxygen atoms in total. The molecule has 0 N–H and O–H groups in total. The van der Waals surface area contributed by atoms with Crippen molar-refractivity contribution in [1.82, 2.24) is 0 Å². The van der Waals surface area contributed by atoms with Crippen molar-refractivity contribution in [2.75, 3.05) is 6.61 Å². The molecule has 0 aliphatic heterocycles. The standard InChI is InChI=1S/C16H20O3/c1-5-15(17)18-12-6-7-13-8-10-14(11-9-13)19-16(2,3)4/h8-11H,5,12H2,1-4H3. The highest BCUT2D eigenvalue weighted by atomic mass is 16.5. The largest absolute Gasteiger partial charge is 0.488 e. The summed E-state index contributed by atoms with van der Waals surface area (Å²) in [6, 6.07) is 7.53. The van der Waals surface area contributed by atoms with Gasteiger partial charge in [0, 0.05) is 12.0 Å². The summed E-state index contributed by atoms with van der Waals surface area (Å²) < 4.78 is 10.6. The predicted octanol–water partition coefficient (Wildman–Crippen LogP) is 3.17. The molecule has 0 spiro atoms. The second-order valence-corrected chi connectivity index (χ2v) is 5.05. The Hall–Kier alpha value is -1.95. The molecule has 0 unspecified atom stereocenters. The van der Waals surface area contributed by atoms with Crippen LogP contribution in [0.5, 0.6) is 5.75 Å². The van der Waals surface area contributed by atoms with Crippen LogP contribution in [-0.2, 0) is 9.53 Å². The third kappa shape index (κ3) is 6.52. The van der Waals surface area contributed by atoms with Crippen molar-refractivity contribution in [3.8, 4) is 17.6 Å². The maximum atomic E-state index is 10.9. The molecule has 1 aromatic rings. The molecular formula is C16H20O3. The molecular weight excluding hydrogens is 240 g/mol.